The van der Waals surface area contributed by atoms with Crippen LogP contribution < -0.4 is 10.1 Å². The molecule has 1 aliphatic heterocycles. The van der Waals surface area contributed by atoms with Gasteiger partial charge in [-0.1, -0.05) is 12.1 Å². The van der Waals surface area contributed by atoms with Gasteiger partial charge in [-0.15, -0.1) is 11.3 Å². The van der Waals surface area contributed by atoms with Gasteiger partial charge in [-0.2, -0.15) is 0 Å². The molecule has 0 unspecified atom stereocenters. The molecule has 0 bridgehead atoms. The van der Waals surface area contributed by atoms with Gasteiger partial charge in [0.25, 0.3) is 5.91 Å². The van der Waals surface area contributed by atoms with E-state index in [-0.39, 0.29) is 11.7 Å². The first kappa shape index (κ1) is 22.7. The number of halogens is 1. The van der Waals surface area contributed by atoms with Gasteiger partial charge in [0.05, 0.1) is 4.88 Å². The monoisotopic (exact) mass is 456 g/mol. The molecule has 7 heteroatoms. The molecular formula is C25H29FN2O3S. The zero-order valence-corrected chi connectivity index (χ0v) is 19.3. The lowest BCUT2D eigenvalue weighted by molar-refractivity contribution is 0.0392. The SMILES string of the molecule is Cc1c(C(=O)NCc2cccc(OCCN(C)C3CCOCC3)c2)sc2ccc(F)cc12. The van der Waals surface area contributed by atoms with Crippen LogP contribution in [0, 0.1) is 12.7 Å². The fourth-order valence-corrected chi connectivity index (χ4v) is 5.14. The minimum absolute atomic E-state index is 0.145. The third-order valence-electron chi connectivity index (χ3n) is 5.98. The first-order valence-electron chi connectivity index (χ1n) is 11.0. The van der Waals surface area contributed by atoms with Gasteiger partial charge in [0.15, 0.2) is 0 Å². The summed E-state index contributed by atoms with van der Waals surface area (Å²) in [6, 6.07) is 13.0. The Morgan fingerprint density at radius 2 is 2.06 bits per heavy atom. The van der Waals surface area contributed by atoms with E-state index >= 15 is 0 Å². The van der Waals surface area contributed by atoms with Gasteiger partial charge in [0.2, 0.25) is 0 Å². The first-order chi connectivity index (χ1) is 15.5. The average molecular weight is 457 g/mol. The number of hydrogen-bond acceptors (Lipinski definition) is 5. The molecule has 0 radical (unpaired) electrons. The highest BCUT2D eigenvalue weighted by Gasteiger charge is 2.18. The molecule has 1 amide bonds. The second kappa shape index (κ2) is 10.4. The molecule has 1 aliphatic rings. The highest BCUT2D eigenvalue weighted by molar-refractivity contribution is 7.21. The Bertz CT molecular complexity index is 1080. The summed E-state index contributed by atoms with van der Waals surface area (Å²) in [6.45, 7) is 5.40. The molecule has 0 atom stereocenters. The molecule has 2 aromatic carbocycles. The van der Waals surface area contributed by atoms with Crippen LogP contribution >= 0.6 is 11.3 Å². The van der Waals surface area contributed by atoms with E-state index in [1.165, 1.54) is 23.5 Å². The third-order valence-corrected chi connectivity index (χ3v) is 7.25. The van der Waals surface area contributed by atoms with Gasteiger partial charge >= 0.3 is 0 Å². The molecule has 1 saturated heterocycles. The Labute approximate surface area is 192 Å². The lowest BCUT2D eigenvalue weighted by atomic mass is 10.1. The Hall–Kier alpha value is -2.48. The number of carbonyl (C=O) groups excluding carboxylic acids is 1. The highest BCUT2D eigenvalue weighted by Crippen LogP contribution is 2.31. The summed E-state index contributed by atoms with van der Waals surface area (Å²) in [5.41, 5.74) is 1.78. The molecule has 4 rings (SSSR count). The minimum Gasteiger partial charge on any atom is -0.492 e. The fourth-order valence-electron chi connectivity index (χ4n) is 4.03. The van der Waals surface area contributed by atoms with Crippen molar-refractivity contribution in [2.24, 2.45) is 0 Å². The number of nitrogens with one attached hydrogen (secondary N) is 1. The third kappa shape index (κ3) is 5.46. The van der Waals surface area contributed by atoms with E-state index in [9.17, 15) is 9.18 Å². The van der Waals surface area contributed by atoms with E-state index in [2.05, 4.69) is 17.3 Å². The van der Waals surface area contributed by atoms with Gasteiger partial charge in [0.1, 0.15) is 18.2 Å². The van der Waals surface area contributed by atoms with Crippen LogP contribution in [0.25, 0.3) is 10.1 Å². The van der Waals surface area contributed by atoms with E-state index in [0.29, 0.717) is 24.1 Å². The van der Waals surface area contributed by atoms with Crippen molar-refractivity contribution < 1.29 is 18.7 Å². The quantitative estimate of drug-likeness (QED) is 0.531. The lowest BCUT2D eigenvalue weighted by Gasteiger charge is -2.31. The summed E-state index contributed by atoms with van der Waals surface area (Å²) in [5, 5.41) is 3.77. The van der Waals surface area contributed by atoms with Gasteiger partial charge in [-0.05, 0) is 73.7 Å². The maximum Gasteiger partial charge on any atom is 0.261 e. The Morgan fingerprint density at radius 3 is 2.88 bits per heavy atom. The van der Waals surface area contributed by atoms with Gasteiger partial charge < -0.3 is 14.8 Å². The van der Waals surface area contributed by atoms with E-state index in [0.717, 1.165) is 59.6 Å². The van der Waals surface area contributed by atoms with Crippen LogP contribution in [0.1, 0.15) is 33.6 Å². The maximum atomic E-state index is 13.5. The van der Waals surface area contributed by atoms with Crippen LogP contribution in [-0.4, -0.2) is 50.3 Å². The molecule has 1 fully saturated rings. The van der Waals surface area contributed by atoms with Crippen molar-refractivity contribution in [1.29, 1.82) is 0 Å². The van der Waals surface area contributed by atoms with Crippen molar-refractivity contribution in [2.45, 2.75) is 32.4 Å². The maximum absolute atomic E-state index is 13.5. The number of fused-ring (bicyclic) bond motifs is 1. The number of nitrogens with zero attached hydrogens (tertiary/aromatic N) is 1. The molecule has 32 heavy (non-hydrogen) atoms. The number of amides is 1. The van der Waals surface area contributed by atoms with Crippen LogP contribution in [0.15, 0.2) is 42.5 Å². The molecule has 1 N–H and O–H groups in total. The summed E-state index contributed by atoms with van der Waals surface area (Å²) in [7, 11) is 2.13. The lowest BCUT2D eigenvalue weighted by Crippen LogP contribution is -2.38. The van der Waals surface area contributed by atoms with E-state index in [1.54, 1.807) is 6.07 Å². The first-order valence-corrected chi connectivity index (χ1v) is 11.8. The van der Waals surface area contributed by atoms with Crippen molar-refractivity contribution in [3.63, 3.8) is 0 Å². The van der Waals surface area contributed by atoms with Crippen molar-refractivity contribution >= 4 is 27.3 Å². The Balaban J connectivity index is 1.30. The highest BCUT2D eigenvalue weighted by atomic mass is 32.1. The van der Waals surface area contributed by atoms with Crippen LogP contribution in [0.4, 0.5) is 4.39 Å². The predicted octanol–water partition coefficient (Wildman–Crippen LogP) is 4.77. The van der Waals surface area contributed by atoms with Crippen LogP contribution in [0.2, 0.25) is 0 Å². The molecule has 3 aromatic rings. The molecule has 0 aliphatic carbocycles. The van der Waals surface area contributed by atoms with Crippen molar-refractivity contribution in [1.82, 2.24) is 10.2 Å². The van der Waals surface area contributed by atoms with Crippen LogP contribution in [0.3, 0.4) is 0 Å². The molecule has 2 heterocycles. The van der Waals surface area contributed by atoms with E-state index < -0.39 is 0 Å². The summed E-state index contributed by atoms with van der Waals surface area (Å²) in [4.78, 5) is 15.7. The molecular weight excluding hydrogens is 427 g/mol. The molecule has 1 aromatic heterocycles. The number of thiophene rings is 1. The van der Waals surface area contributed by atoms with Gasteiger partial charge in [-0.25, -0.2) is 4.39 Å². The summed E-state index contributed by atoms with van der Waals surface area (Å²) >= 11 is 1.39. The molecule has 0 spiro atoms. The summed E-state index contributed by atoms with van der Waals surface area (Å²) in [6.07, 6.45) is 2.14. The average Bonchev–Trinajstić information content (AvgIpc) is 3.14. The van der Waals surface area contributed by atoms with E-state index in [4.69, 9.17) is 9.47 Å². The minimum atomic E-state index is -0.291. The van der Waals surface area contributed by atoms with Crippen molar-refractivity contribution in [2.75, 3.05) is 33.4 Å². The number of rotatable bonds is 8. The standard InChI is InChI=1S/C25H29FN2O3S/c1-17-22-15-19(26)6-7-23(22)32-24(17)25(29)27-16-18-4-3-5-21(14-18)31-13-10-28(2)20-8-11-30-12-9-20/h3-7,14-15,20H,8-13,16H2,1-2H3,(H,27,29). The number of ether oxygens (including phenoxy) is 2. The smallest absolute Gasteiger partial charge is 0.261 e. The molecule has 0 saturated carbocycles. The number of hydrogen-bond donors (Lipinski definition) is 1. The molecule has 5 nitrogen and oxygen atoms in total. The van der Waals surface area contributed by atoms with Crippen molar-refractivity contribution in [3.05, 3.63) is 64.3 Å². The summed E-state index contributed by atoms with van der Waals surface area (Å²) in [5.74, 6) is 0.361. The van der Waals surface area contributed by atoms with Gasteiger partial charge in [0, 0.05) is 37.0 Å². The van der Waals surface area contributed by atoms with E-state index in [1.807, 2.05) is 31.2 Å². The summed E-state index contributed by atoms with van der Waals surface area (Å²) < 4.78 is 25.8. The number of aryl methyl sites for hydroxylation is 1. The topological polar surface area (TPSA) is 50.8 Å². The largest absolute Gasteiger partial charge is 0.492 e. The van der Waals surface area contributed by atoms with Crippen molar-refractivity contribution in [3.8, 4) is 5.75 Å². The molecule has 170 valence electrons. The Morgan fingerprint density at radius 1 is 1.25 bits per heavy atom. The predicted molar refractivity (Wildman–Crippen MR) is 126 cm³/mol. The zero-order chi connectivity index (χ0) is 22.5. The second-order valence-electron chi connectivity index (χ2n) is 8.20. The van der Waals surface area contributed by atoms with Crippen LogP contribution in [0.5, 0.6) is 5.75 Å². The number of benzene rings is 2. The fraction of sp³-hybridized carbons (Fsp3) is 0.400. The Kier molecular flexibility index (Phi) is 7.40. The zero-order valence-electron chi connectivity index (χ0n) is 18.5. The number of likely N-dealkylation sites (N-methyl/N-ethyl adjacent to an activating group) is 1. The van der Waals surface area contributed by atoms with Crippen LogP contribution in [-0.2, 0) is 11.3 Å². The normalized spacial score (nSPS) is 14.8. The number of carbonyl (C=O) groups is 1. The van der Waals surface area contributed by atoms with Gasteiger partial charge in [-0.3, -0.25) is 9.69 Å². The second-order valence-corrected chi connectivity index (χ2v) is 9.25.